The third kappa shape index (κ3) is 3.20. The number of furan rings is 1. The second kappa shape index (κ2) is 5.94. The van der Waals surface area contributed by atoms with Crippen molar-refractivity contribution >= 4 is 31.8 Å². The van der Waals surface area contributed by atoms with Gasteiger partial charge in [0.1, 0.15) is 16.4 Å². The van der Waals surface area contributed by atoms with Crippen molar-refractivity contribution < 1.29 is 12.8 Å². The highest BCUT2D eigenvalue weighted by atomic mass is 79.9. The van der Waals surface area contributed by atoms with Gasteiger partial charge in [0.15, 0.2) is 5.82 Å². The molecule has 0 saturated carbocycles. The Morgan fingerprint density at radius 2 is 2.20 bits per heavy atom. The fraction of sp³-hybridized carbons (Fsp3) is 0.250. The standard InChI is InChI=1S/C12H14BrN3O3S/c1-8-11(6-9(19-8)7-14-2)20(17,18)16-12-10(13)4-3-5-15-12/h3-6,14H,7H2,1-2H3,(H,15,16). The molecule has 0 fully saturated rings. The zero-order valence-corrected chi connectivity index (χ0v) is 13.4. The summed E-state index contributed by atoms with van der Waals surface area (Å²) in [4.78, 5) is 4.09. The lowest BCUT2D eigenvalue weighted by Gasteiger charge is -2.07. The highest BCUT2D eigenvalue weighted by Gasteiger charge is 2.22. The van der Waals surface area contributed by atoms with Gasteiger partial charge < -0.3 is 9.73 Å². The smallest absolute Gasteiger partial charge is 0.266 e. The summed E-state index contributed by atoms with van der Waals surface area (Å²) in [5, 5.41) is 2.91. The minimum atomic E-state index is -3.73. The lowest BCUT2D eigenvalue weighted by Crippen LogP contribution is -2.14. The molecule has 0 amide bonds. The highest BCUT2D eigenvalue weighted by Crippen LogP contribution is 2.25. The van der Waals surface area contributed by atoms with E-state index in [4.69, 9.17) is 4.42 Å². The van der Waals surface area contributed by atoms with Gasteiger partial charge in [-0.05, 0) is 42.0 Å². The van der Waals surface area contributed by atoms with Crippen LogP contribution in [0.2, 0.25) is 0 Å². The topological polar surface area (TPSA) is 84.2 Å². The van der Waals surface area contributed by atoms with Gasteiger partial charge in [0, 0.05) is 12.3 Å². The van der Waals surface area contributed by atoms with Crippen LogP contribution in [-0.4, -0.2) is 20.4 Å². The van der Waals surface area contributed by atoms with Crippen molar-refractivity contribution in [1.29, 1.82) is 0 Å². The molecule has 0 aliphatic rings. The van der Waals surface area contributed by atoms with Crippen LogP contribution in [-0.2, 0) is 16.6 Å². The van der Waals surface area contributed by atoms with Crippen molar-refractivity contribution in [3.63, 3.8) is 0 Å². The second-order valence-electron chi connectivity index (χ2n) is 4.10. The third-order valence-corrected chi connectivity index (χ3v) is 4.64. The van der Waals surface area contributed by atoms with Crippen molar-refractivity contribution in [1.82, 2.24) is 10.3 Å². The summed E-state index contributed by atoms with van der Waals surface area (Å²) in [5.74, 6) is 1.14. The molecule has 0 radical (unpaired) electrons. The summed E-state index contributed by atoms with van der Waals surface area (Å²) in [6.07, 6.45) is 1.51. The normalized spacial score (nSPS) is 11.6. The molecule has 0 spiro atoms. The number of aryl methyl sites for hydroxylation is 1. The van der Waals surface area contributed by atoms with Crippen LogP contribution in [0.15, 0.2) is 38.2 Å². The maximum Gasteiger partial charge on any atom is 0.266 e. The maximum absolute atomic E-state index is 12.3. The fourth-order valence-corrected chi connectivity index (χ4v) is 3.41. The SMILES string of the molecule is CNCc1cc(S(=O)(=O)Nc2ncccc2Br)c(C)o1. The number of aromatic nitrogens is 1. The van der Waals surface area contributed by atoms with Crippen LogP contribution in [0.5, 0.6) is 0 Å². The Hall–Kier alpha value is -1.38. The number of rotatable bonds is 5. The Morgan fingerprint density at radius 1 is 1.45 bits per heavy atom. The van der Waals surface area contributed by atoms with Gasteiger partial charge in [0.25, 0.3) is 10.0 Å². The number of hydrogen-bond donors (Lipinski definition) is 2. The predicted octanol–water partition coefficient (Wildman–Crippen LogP) is 2.27. The van der Waals surface area contributed by atoms with E-state index in [-0.39, 0.29) is 10.7 Å². The van der Waals surface area contributed by atoms with Gasteiger partial charge in [-0.1, -0.05) is 0 Å². The maximum atomic E-state index is 12.3. The molecule has 0 atom stereocenters. The van der Waals surface area contributed by atoms with Gasteiger partial charge >= 0.3 is 0 Å². The van der Waals surface area contributed by atoms with E-state index in [0.29, 0.717) is 22.5 Å². The van der Waals surface area contributed by atoms with Crippen molar-refractivity contribution in [3.8, 4) is 0 Å². The van der Waals surface area contributed by atoms with Crippen LogP contribution < -0.4 is 10.0 Å². The van der Waals surface area contributed by atoms with Gasteiger partial charge in [0.05, 0.1) is 11.0 Å². The molecule has 6 nitrogen and oxygen atoms in total. The van der Waals surface area contributed by atoms with Crippen LogP contribution in [0.25, 0.3) is 0 Å². The highest BCUT2D eigenvalue weighted by molar-refractivity contribution is 9.10. The molecule has 0 bridgehead atoms. The third-order valence-electron chi connectivity index (χ3n) is 2.55. The average Bonchev–Trinajstić information content (AvgIpc) is 2.74. The molecule has 2 aromatic heterocycles. The van der Waals surface area contributed by atoms with Crippen LogP contribution in [0.4, 0.5) is 5.82 Å². The second-order valence-corrected chi connectivity index (χ2v) is 6.61. The molecule has 2 N–H and O–H groups in total. The van der Waals surface area contributed by atoms with Gasteiger partial charge in [-0.3, -0.25) is 4.72 Å². The fourth-order valence-electron chi connectivity index (χ4n) is 1.70. The molecular weight excluding hydrogens is 346 g/mol. The van der Waals surface area contributed by atoms with Gasteiger partial charge in [0.2, 0.25) is 0 Å². The molecule has 2 rings (SSSR count). The molecule has 0 aliphatic carbocycles. The summed E-state index contributed by atoms with van der Waals surface area (Å²) >= 11 is 3.25. The lowest BCUT2D eigenvalue weighted by molar-refractivity contribution is 0.466. The molecule has 0 unspecified atom stereocenters. The van der Waals surface area contributed by atoms with Crippen molar-refractivity contribution in [2.45, 2.75) is 18.4 Å². The number of halogens is 1. The van der Waals surface area contributed by atoms with Crippen molar-refractivity contribution in [2.24, 2.45) is 0 Å². The van der Waals surface area contributed by atoms with E-state index >= 15 is 0 Å². The minimum absolute atomic E-state index is 0.111. The average molecular weight is 360 g/mol. The molecule has 20 heavy (non-hydrogen) atoms. The van der Waals surface area contributed by atoms with Crippen LogP contribution in [0, 0.1) is 6.92 Å². The molecule has 0 saturated heterocycles. The largest absolute Gasteiger partial charge is 0.464 e. The lowest BCUT2D eigenvalue weighted by atomic mass is 10.4. The minimum Gasteiger partial charge on any atom is -0.464 e. The summed E-state index contributed by atoms with van der Waals surface area (Å²) in [5.41, 5.74) is 0. The number of sulfonamides is 1. The Bertz CT molecular complexity index is 712. The molecular formula is C12H14BrN3O3S. The van der Waals surface area contributed by atoms with E-state index < -0.39 is 10.0 Å². The number of nitrogens with one attached hydrogen (secondary N) is 2. The zero-order valence-electron chi connectivity index (χ0n) is 11.0. The Balaban J connectivity index is 2.33. The zero-order chi connectivity index (χ0) is 14.8. The van der Waals surface area contributed by atoms with Gasteiger partial charge in [-0.15, -0.1) is 0 Å². The number of pyridine rings is 1. The van der Waals surface area contributed by atoms with E-state index in [1.165, 1.54) is 12.3 Å². The van der Waals surface area contributed by atoms with Crippen molar-refractivity contribution in [2.75, 3.05) is 11.8 Å². The number of nitrogens with zero attached hydrogens (tertiary/aromatic N) is 1. The molecule has 0 aliphatic heterocycles. The summed E-state index contributed by atoms with van der Waals surface area (Å²) in [7, 11) is -1.97. The van der Waals surface area contributed by atoms with Gasteiger partial charge in [-0.2, -0.15) is 0 Å². The van der Waals surface area contributed by atoms with Crippen LogP contribution in [0.3, 0.4) is 0 Å². The van der Waals surface area contributed by atoms with E-state index in [1.54, 1.807) is 26.1 Å². The summed E-state index contributed by atoms with van der Waals surface area (Å²) < 4.78 is 33.1. The van der Waals surface area contributed by atoms with Crippen LogP contribution >= 0.6 is 15.9 Å². The van der Waals surface area contributed by atoms with E-state index in [0.717, 1.165) is 0 Å². The Morgan fingerprint density at radius 3 is 2.85 bits per heavy atom. The first-order chi connectivity index (χ1) is 9.44. The molecule has 2 aromatic rings. The van der Waals surface area contributed by atoms with Crippen molar-refractivity contribution in [3.05, 3.63) is 40.4 Å². The summed E-state index contributed by atoms with van der Waals surface area (Å²) in [6.45, 7) is 2.07. The first-order valence-electron chi connectivity index (χ1n) is 5.81. The van der Waals surface area contributed by atoms with E-state index in [9.17, 15) is 8.42 Å². The molecule has 108 valence electrons. The van der Waals surface area contributed by atoms with Crippen LogP contribution in [0.1, 0.15) is 11.5 Å². The quantitative estimate of drug-likeness (QED) is 0.855. The van der Waals surface area contributed by atoms with Gasteiger partial charge in [-0.25, -0.2) is 13.4 Å². The first-order valence-corrected chi connectivity index (χ1v) is 8.09. The Kier molecular flexibility index (Phi) is 4.46. The number of hydrogen-bond acceptors (Lipinski definition) is 5. The van der Waals surface area contributed by atoms with E-state index in [1.807, 2.05) is 0 Å². The molecule has 2 heterocycles. The van der Waals surface area contributed by atoms with E-state index in [2.05, 4.69) is 31.0 Å². The Labute approximate surface area is 125 Å². The number of anilines is 1. The first kappa shape index (κ1) is 15.0. The predicted molar refractivity (Wildman–Crippen MR) is 79.0 cm³/mol. The molecule has 0 aromatic carbocycles. The summed E-state index contributed by atoms with van der Waals surface area (Å²) in [6, 6.07) is 4.92. The molecule has 8 heteroatoms. The monoisotopic (exact) mass is 359 g/mol.